The van der Waals surface area contributed by atoms with E-state index in [0.29, 0.717) is 43.2 Å². The molecule has 1 saturated heterocycles. The number of nitrogens with zero attached hydrogens (tertiary/aromatic N) is 4. The van der Waals surface area contributed by atoms with Crippen LogP contribution < -0.4 is 14.4 Å². The largest absolute Gasteiger partial charge is 0.490 e. The number of hydrogen-bond acceptors (Lipinski definition) is 9. The number of rotatable bonds is 16. The topological polar surface area (TPSA) is 115 Å². The first kappa shape index (κ1) is 35.3. The molecule has 1 aliphatic heterocycles. The number of benzene rings is 3. The van der Waals surface area contributed by atoms with Gasteiger partial charge in [0.05, 0.1) is 18.5 Å². The van der Waals surface area contributed by atoms with Gasteiger partial charge in [-0.2, -0.15) is 0 Å². The van der Waals surface area contributed by atoms with E-state index >= 15 is 0 Å². The van der Waals surface area contributed by atoms with Crippen LogP contribution in [0.1, 0.15) is 37.7 Å². The average molecular weight is 689 g/mol. The van der Waals surface area contributed by atoms with Gasteiger partial charge in [0, 0.05) is 48.9 Å². The molecular formula is C34H39ClF2N4O7. The quantitative estimate of drug-likeness (QED) is 0.149. The highest BCUT2D eigenvalue weighted by Gasteiger charge is 2.41. The van der Waals surface area contributed by atoms with E-state index in [2.05, 4.69) is 4.84 Å². The van der Waals surface area contributed by atoms with Crippen molar-refractivity contribution in [1.82, 2.24) is 15.2 Å². The Morgan fingerprint density at radius 1 is 0.917 bits per heavy atom. The lowest BCUT2D eigenvalue weighted by molar-refractivity contribution is -0.492. The van der Waals surface area contributed by atoms with Gasteiger partial charge >= 0.3 is 0 Å². The molecular weight excluding hydrogens is 650 g/mol. The van der Waals surface area contributed by atoms with E-state index in [1.54, 1.807) is 23.1 Å². The SMILES string of the molecule is O=C(CCCCON(O)O)N1CCN(c2ccc(OCCOc3cc(F)ccc3F)cc2)[C@@H](C(=O)N(Cc2ccccc2Cl)C2CC2)C1. The lowest BCUT2D eigenvalue weighted by Gasteiger charge is -2.43. The van der Waals surface area contributed by atoms with E-state index < -0.39 is 17.7 Å². The zero-order valence-corrected chi connectivity index (χ0v) is 27.1. The maximum Gasteiger partial charge on any atom is 0.247 e. The van der Waals surface area contributed by atoms with Gasteiger partial charge in [-0.05, 0) is 73.7 Å². The molecule has 48 heavy (non-hydrogen) atoms. The van der Waals surface area contributed by atoms with Gasteiger partial charge < -0.3 is 24.2 Å². The van der Waals surface area contributed by atoms with Crippen LogP contribution in [-0.4, -0.2) is 89.0 Å². The molecule has 0 aromatic heterocycles. The second-order valence-electron chi connectivity index (χ2n) is 11.6. The second-order valence-corrected chi connectivity index (χ2v) is 12.1. The van der Waals surface area contributed by atoms with Gasteiger partial charge in [0.2, 0.25) is 11.8 Å². The third kappa shape index (κ3) is 9.77. The van der Waals surface area contributed by atoms with Crippen molar-refractivity contribution in [2.45, 2.75) is 50.7 Å². The van der Waals surface area contributed by atoms with Crippen LogP contribution in [0, 0.1) is 11.6 Å². The molecule has 2 fully saturated rings. The Balaban J connectivity index is 1.26. The second kappa shape index (κ2) is 16.9. The number of hydrogen-bond donors (Lipinski definition) is 2. The molecule has 5 rings (SSSR count). The van der Waals surface area contributed by atoms with Crippen molar-refractivity contribution < 1.29 is 43.1 Å². The number of piperazine rings is 1. The zero-order chi connectivity index (χ0) is 34.0. The van der Waals surface area contributed by atoms with E-state index in [1.807, 2.05) is 40.1 Å². The lowest BCUT2D eigenvalue weighted by atomic mass is 10.1. The Hall–Kier alpha value is -4.01. The summed E-state index contributed by atoms with van der Waals surface area (Å²) in [4.78, 5) is 37.7. The third-order valence-corrected chi connectivity index (χ3v) is 8.62. The van der Waals surface area contributed by atoms with Gasteiger partial charge in [0.15, 0.2) is 11.6 Å². The molecule has 1 saturated carbocycles. The molecule has 0 radical (unpaired) electrons. The van der Waals surface area contributed by atoms with Crippen LogP contribution in [0.3, 0.4) is 0 Å². The number of carbonyl (C=O) groups excluding carboxylic acids is 2. The fraction of sp³-hybridized carbons (Fsp3) is 0.412. The van der Waals surface area contributed by atoms with Crippen LogP contribution in [-0.2, 0) is 21.0 Å². The minimum Gasteiger partial charge on any atom is -0.490 e. The first-order chi connectivity index (χ1) is 23.2. The van der Waals surface area contributed by atoms with Crippen LogP contribution in [0.15, 0.2) is 66.7 Å². The summed E-state index contributed by atoms with van der Waals surface area (Å²) < 4.78 is 38.3. The highest BCUT2D eigenvalue weighted by molar-refractivity contribution is 6.31. The molecule has 0 bridgehead atoms. The van der Waals surface area contributed by atoms with Crippen molar-refractivity contribution in [1.29, 1.82) is 0 Å². The van der Waals surface area contributed by atoms with Crippen LogP contribution in [0.4, 0.5) is 14.5 Å². The van der Waals surface area contributed by atoms with Gasteiger partial charge in [0.25, 0.3) is 0 Å². The summed E-state index contributed by atoms with van der Waals surface area (Å²) in [7, 11) is 0. The van der Waals surface area contributed by atoms with E-state index in [0.717, 1.165) is 42.3 Å². The number of amides is 2. The van der Waals surface area contributed by atoms with E-state index in [-0.39, 0.29) is 61.8 Å². The van der Waals surface area contributed by atoms with Gasteiger partial charge in [-0.1, -0.05) is 29.8 Å². The molecule has 3 aromatic rings. The van der Waals surface area contributed by atoms with Gasteiger partial charge in [-0.3, -0.25) is 24.8 Å². The summed E-state index contributed by atoms with van der Waals surface area (Å²) >= 11 is 6.47. The first-order valence-corrected chi connectivity index (χ1v) is 16.3. The van der Waals surface area contributed by atoms with Crippen molar-refractivity contribution in [2.75, 3.05) is 44.4 Å². The van der Waals surface area contributed by atoms with Crippen molar-refractivity contribution in [3.05, 3.63) is 89.0 Å². The number of halogens is 3. The Kier molecular flexibility index (Phi) is 12.4. The summed E-state index contributed by atoms with van der Waals surface area (Å²) in [5, 5.41) is 17.6. The predicted octanol–water partition coefficient (Wildman–Crippen LogP) is 5.47. The highest BCUT2D eigenvalue weighted by Crippen LogP contribution is 2.33. The molecule has 2 amide bonds. The molecule has 1 heterocycles. The number of ether oxygens (including phenoxy) is 2. The fourth-order valence-electron chi connectivity index (χ4n) is 5.62. The molecule has 258 valence electrons. The van der Waals surface area contributed by atoms with Crippen LogP contribution in [0.25, 0.3) is 0 Å². The smallest absolute Gasteiger partial charge is 0.247 e. The van der Waals surface area contributed by atoms with Gasteiger partial charge in [-0.25, -0.2) is 8.78 Å². The number of unbranched alkanes of at least 4 members (excludes halogenated alkanes) is 1. The van der Waals surface area contributed by atoms with Crippen LogP contribution >= 0.6 is 11.6 Å². The fourth-order valence-corrected chi connectivity index (χ4v) is 5.82. The van der Waals surface area contributed by atoms with E-state index in [4.69, 9.17) is 31.5 Å². The number of anilines is 1. The minimum atomic E-state index is -0.662. The summed E-state index contributed by atoms with van der Waals surface area (Å²) in [6.07, 6.45) is 2.95. The molecule has 14 heteroatoms. The molecule has 0 spiro atoms. The average Bonchev–Trinajstić information content (AvgIpc) is 3.93. The summed E-state index contributed by atoms with van der Waals surface area (Å²) in [5.41, 5.74) is 1.64. The Labute approximate surface area is 282 Å². The monoisotopic (exact) mass is 688 g/mol. The molecule has 1 atom stereocenters. The molecule has 3 aromatic carbocycles. The normalized spacial score (nSPS) is 16.2. The first-order valence-electron chi connectivity index (χ1n) is 15.9. The third-order valence-electron chi connectivity index (χ3n) is 8.25. The summed E-state index contributed by atoms with van der Waals surface area (Å²) in [6.45, 7) is 1.56. The number of carbonyl (C=O) groups is 2. The van der Waals surface area contributed by atoms with Crippen molar-refractivity contribution >= 4 is 29.1 Å². The predicted molar refractivity (Wildman–Crippen MR) is 172 cm³/mol. The van der Waals surface area contributed by atoms with Crippen molar-refractivity contribution in [3.63, 3.8) is 0 Å². The van der Waals surface area contributed by atoms with E-state index in [1.165, 1.54) is 0 Å². The summed E-state index contributed by atoms with van der Waals surface area (Å²) in [6, 6.07) is 17.1. The molecule has 2 aliphatic rings. The highest BCUT2D eigenvalue weighted by atomic mass is 35.5. The summed E-state index contributed by atoms with van der Waals surface area (Å²) in [5.74, 6) is -1.09. The van der Waals surface area contributed by atoms with Crippen molar-refractivity contribution in [2.24, 2.45) is 0 Å². The standard InChI is InChI=1S/C34H39ClF2N4O7/c35-29-6-2-1-5-24(29)22-40(27-9-10-27)34(43)31-23-38(33(42)7-3-4-18-48-41(44)45)16-17-39(31)26-11-13-28(14-12-26)46-19-20-47-32-21-25(36)8-15-30(32)37/h1-2,5-6,8,11-15,21,27,31,44-45H,3-4,7,9-10,16-20,22-23H2/t31-/m1/s1. The Morgan fingerprint density at radius 2 is 1.67 bits per heavy atom. The molecule has 11 nitrogen and oxygen atoms in total. The Morgan fingerprint density at radius 3 is 2.40 bits per heavy atom. The van der Waals surface area contributed by atoms with Gasteiger partial charge in [0.1, 0.15) is 30.8 Å². The maximum absolute atomic E-state index is 14.4. The van der Waals surface area contributed by atoms with Crippen LogP contribution in [0.5, 0.6) is 11.5 Å². The molecule has 0 unspecified atom stereocenters. The minimum absolute atomic E-state index is 0.00542. The van der Waals surface area contributed by atoms with Crippen LogP contribution in [0.2, 0.25) is 5.02 Å². The van der Waals surface area contributed by atoms with E-state index in [9.17, 15) is 18.4 Å². The maximum atomic E-state index is 14.4. The van der Waals surface area contributed by atoms with Gasteiger partial charge in [-0.15, -0.1) is 0 Å². The lowest BCUT2D eigenvalue weighted by Crippen LogP contribution is -2.61. The molecule has 1 aliphatic carbocycles. The Bertz CT molecular complexity index is 1530. The van der Waals surface area contributed by atoms with Crippen molar-refractivity contribution in [3.8, 4) is 11.5 Å². The zero-order valence-electron chi connectivity index (χ0n) is 26.3. The molecule has 2 N–H and O–H groups in total.